The number of anilines is 1. The second-order valence-electron chi connectivity index (χ2n) is 4.32. The number of carbonyl (C=O) groups excluding carboxylic acids is 1. The third-order valence-electron chi connectivity index (χ3n) is 2.95. The van der Waals surface area contributed by atoms with E-state index < -0.39 is 0 Å². The van der Waals surface area contributed by atoms with Crippen molar-refractivity contribution in [1.29, 1.82) is 0 Å². The van der Waals surface area contributed by atoms with Crippen LogP contribution in [-0.4, -0.2) is 27.6 Å². The Morgan fingerprint density at radius 2 is 2.14 bits per heavy atom. The Morgan fingerprint density at radius 3 is 2.86 bits per heavy atom. The molecule has 6 nitrogen and oxygen atoms in total. The van der Waals surface area contributed by atoms with Gasteiger partial charge in [-0.15, -0.1) is 11.3 Å². The van der Waals surface area contributed by atoms with Crippen molar-refractivity contribution < 1.29 is 4.79 Å². The summed E-state index contributed by atoms with van der Waals surface area (Å²) in [7, 11) is 0. The topological polar surface area (TPSA) is 96.7 Å². The number of nitrogens with one attached hydrogen (secondary N) is 2. The van der Waals surface area contributed by atoms with Gasteiger partial charge in [-0.05, 0) is 5.56 Å². The zero-order chi connectivity index (χ0) is 14.7. The predicted molar refractivity (Wildman–Crippen MR) is 82.8 cm³/mol. The lowest BCUT2D eigenvalue weighted by atomic mass is 10.0. The van der Waals surface area contributed by atoms with Crippen LogP contribution in [0.3, 0.4) is 0 Å². The first-order valence-electron chi connectivity index (χ1n) is 6.32. The van der Waals surface area contributed by atoms with E-state index >= 15 is 0 Å². The Kier molecular flexibility index (Phi) is 3.76. The first-order chi connectivity index (χ1) is 10.3. The van der Waals surface area contributed by atoms with Crippen molar-refractivity contribution in [2.75, 3.05) is 11.9 Å². The molecule has 0 bridgehead atoms. The number of hydrogen-bond acceptors (Lipinski definition) is 5. The molecule has 3 rings (SSSR count). The van der Waals surface area contributed by atoms with Crippen molar-refractivity contribution in [1.82, 2.24) is 15.2 Å². The molecule has 3 aromatic rings. The molecule has 106 valence electrons. The molecule has 2 heterocycles. The van der Waals surface area contributed by atoms with Gasteiger partial charge in [-0.3, -0.25) is 9.89 Å². The lowest BCUT2D eigenvalue weighted by Crippen LogP contribution is -2.21. The minimum Gasteiger partial charge on any atom is -0.322 e. The number of amides is 1. The molecule has 1 aromatic carbocycles. The number of thiazole rings is 1. The highest BCUT2D eigenvalue weighted by atomic mass is 32.1. The van der Waals surface area contributed by atoms with Crippen molar-refractivity contribution in [2.24, 2.45) is 5.73 Å². The zero-order valence-electron chi connectivity index (χ0n) is 11.0. The lowest BCUT2D eigenvalue weighted by Gasteiger charge is -2.04. The molecule has 2 aromatic heterocycles. The molecule has 0 aliphatic rings. The van der Waals surface area contributed by atoms with E-state index in [2.05, 4.69) is 20.5 Å². The van der Waals surface area contributed by atoms with E-state index in [9.17, 15) is 4.79 Å². The summed E-state index contributed by atoms with van der Waals surface area (Å²) >= 11 is 1.37. The average Bonchev–Trinajstić information content (AvgIpc) is 3.18. The minimum atomic E-state index is -0.251. The standard InChI is InChI=1S/C14H13N5OS/c15-5-13(20)19-14-18-12(8-21-14)11-4-2-1-3-10(11)9-6-16-17-7-9/h1-4,6-8H,5,15H2,(H,16,17)(H,18,19,20). The molecule has 0 spiro atoms. The number of benzene rings is 1. The molecule has 7 heteroatoms. The molecule has 0 saturated heterocycles. The molecule has 0 saturated carbocycles. The minimum absolute atomic E-state index is 0.0550. The molecule has 0 fully saturated rings. The fourth-order valence-corrected chi connectivity index (χ4v) is 2.71. The molecule has 21 heavy (non-hydrogen) atoms. The molecule has 4 N–H and O–H groups in total. The van der Waals surface area contributed by atoms with Crippen LogP contribution < -0.4 is 11.1 Å². The number of aromatic nitrogens is 3. The third-order valence-corrected chi connectivity index (χ3v) is 3.71. The lowest BCUT2D eigenvalue weighted by molar-refractivity contribution is -0.114. The third kappa shape index (κ3) is 2.83. The van der Waals surface area contributed by atoms with Gasteiger partial charge >= 0.3 is 0 Å². The van der Waals surface area contributed by atoms with E-state index in [0.717, 1.165) is 22.4 Å². The first kappa shape index (κ1) is 13.5. The van der Waals surface area contributed by atoms with E-state index in [4.69, 9.17) is 5.73 Å². The summed E-state index contributed by atoms with van der Waals surface area (Å²) in [5.41, 5.74) is 9.11. The molecular formula is C14H13N5OS. The normalized spacial score (nSPS) is 10.5. The first-order valence-corrected chi connectivity index (χ1v) is 7.20. The van der Waals surface area contributed by atoms with E-state index in [1.165, 1.54) is 11.3 Å². The van der Waals surface area contributed by atoms with Gasteiger partial charge in [0.15, 0.2) is 5.13 Å². The van der Waals surface area contributed by atoms with Gasteiger partial charge in [0.25, 0.3) is 0 Å². The largest absolute Gasteiger partial charge is 0.322 e. The van der Waals surface area contributed by atoms with Crippen LogP contribution in [0.5, 0.6) is 0 Å². The van der Waals surface area contributed by atoms with E-state index in [0.29, 0.717) is 5.13 Å². The van der Waals surface area contributed by atoms with Crippen LogP contribution in [0.2, 0.25) is 0 Å². The number of nitrogens with zero attached hydrogens (tertiary/aromatic N) is 2. The van der Waals surface area contributed by atoms with Crippen LogP contribution in [-0.2, 0) is 4.79 Å². The monoisotopic (exact) mass is 299 g/mol. The van der Waals surface area contributed by atoms with Crippen molar-refractivity contribution in [2.45, 2.75) is 0 Å². The van der Waals surface area contributed by atoms with Crippen LogP contribution >= 0.6 is 11.3 Å². The van der Waals surface area contributed by atoms with Gasteiger partial charge in [-0.2, -0.15) is 5.10 Å². The Bertz CT molecular complexity index is 750. The van der Waals surface area contributed by atoms with Crippen LogP contribution in [0.25, 0.3) is 22.4 Å². The van der Waals surface area contributed by atoms with Crippen LogP contribution in [0.4, 0.5) is 5.13 Å². The summed E-state index contributed by atoms with van der Waals surface area (Å²) in [5, 5.41) is 11.9. The van der Waals surface area contributed by atoms with Crippen LogP contribution in [0.15, 0.2) is 42.0 Å². The zero-order valence-corrected chi connectivity index (χ0v) is 11.9. The summed E-state index contributed by atoms with van der Waals surface area (Å²) in [6, 6.07) is 7.93. The van der Waals surface area contributed by atoms with Crippen LogP contribution in [0.1, 0.15) is 0 Å². The number of aromatic amines is 1. The summed E-state index contributed by atoms with van der Waals surface area (Å²) < 4.78 is 0. The van der Waals surface area contributed by atoms with Gasteiger partial charge in [0.1, 0.15) is 0 Å². The smallest absolute Gasteiger partial charge is 0.239 e. The quantitative estimate of drug-likeness (QED) is 0.687. The second-order valence-corrected chi connectivity index (χ2v) is 5.18. The van der Waals surface area contributed by atoms with E-state index in [1.54, 1.807) is 6.20 Å². The number of carbonyl (C=O) groups is 1. The number of nitrogens with two attached hydrogens (primary N) is 1. The number of H-pyrrole nitrogens is 1. The molecule has 0 aliphatic carbocycles. The van der Waals surface area contributed by atoms with Gasteiger partial charge in [-0.1, -0.05) is 24.3 Å². The van der Waals surface area contributed by atoms with Gasteiger partial charge in [-0.25, -0.2) is 4.98 Å². The van der Waals surface area contributed by atoms with Gasteiger partial charge < -0.3 is 11.1 Å². The van der Waals surface area contributed by atoms with Gasteiger partial charge in [0, 0.05) is 22.7 Å². The van der Waals surface area contributed by atoms with Crippen molar-refractivity contribution in [3.05, 3.63) is 42.0 Å². The van der Waals surface area contributed by atoms with Gasteiger partial charge in [0.05, 0.1) is 18.4 Å². The highest BCUT2D eigenvalue weighted by Gasteiger charge is 2.12. The maximum Gasteiger partial charge on any atom is 0.239 e. The molecule has 0 atom stereocenters. The molecule has 0 radical (unpaired) electrons. The van der Waals surface area contributed by atoms with Crippen molar-refractivity contribution in [3.63, 3.8) is 0 Å². The second kappa shape index (κ2) is 5.86. The average molecular weight is 299 g/mol. The molecule has 1 amide bonds. The number of rotatable bonds is 4. The highest BCUT2D eigenvalue weighted by molar-refractivity contribution is 7.14. The summed E-state index contributed by atoms with van der Waals surface area (Å²) in [6.07, 6.45) is 3.60. The maximum atomic E-state index is 11.3. The number of hydrogen-bond donors (Lipinski definition) is 3. The molecule has 0 unspecified atom stereocenters. The van der Waals surface area contributed by atoms with Crippen LogP contribution in [0, 0.1) is 0 Å². The van der Waals surface area contributed by atoms with Gasteiger partial charge in [0.2, 0.25) is 5.91 Å². The molecular weight excluding hydrogens is 286 g/mol. The Labute approximate surface area is 125 Å². The summed E-state index contributed by atoms with van der Waals surface area (Å²) in [4.78, 5) is 15.7. The summed E-state index contributed by atoms with van der Waals surface area (Å²) in [5.74, 6) is -0.251. The Balaban J connectivity index is 1.96. The van der Waals surface area contributed by atoms with Crippen molar-refractivity contribution in [3.8, 4) is 22.4 Å². The fraction of sp³-hybridized carbons (Fsp3) is 0.0714. The summed E-state index contributed by atoms with van der Waals surface area (Å²) in [6.45, 7) is -0.0550. The molecule has 0 aliphatic heterocycles. The SMILES string of the molecule is NCC(=O)Nc1nc(-c2ccccc2-c2cn[nH]c2)cs1. The van der Waals surface area contributed by atoms with Crippen molar-refractivity contribution >= 4 is 22.4 Å². The van der Waals surface area contributed by atoms with E-state index in [-0.39, 0.29) is 12.5 Å². The highest BCUT2D eigenvalue weighted by Crippen LogP contribution is 2.33. The predicted octanol–water partition coefficient (Wildman–Crippen LogP) is 2.10. The Morgan fingerprint density at radius 1 is 1.33 bits per heavy atom. The maximum absolute atomic E-state index is 11.3. The van der Waals surface area contributed by atoms with E-state index in [1.807, 2.05) is 35.8 Å². The Hall–Kier alpha value is -2.51. The fourth-order valence-electron chi connectivity index (χ4n) is 1.98.